The number of rotatable bonds is 4. The Morgan fingerprint density at radius 3 is 2.00 bits per heavy atom. The number of hydrogen-bond acceptors (Lipinski definition) is 3. The van der Waals surface area contributed by atoms with Crippen molar-refractivity contribution in [2.45, 2.75) is 49.8 Å². The van der Waals surface area contributed by atoms with Crippen molar-refractivity contribution in [3.8, 4) is 0 Å². The predicted molar refractivity (Wildman–Crippen MR) is 97.9 cm³/mol. The third kappa shape index (κ3) is 2.60. The van der Waals surface area contributed by atoms with E-state index in [-0.39, 0.29) is 0 Å². The average molecular weight is 349 g/mol. The lowest BCUT2D eigenvalue weighted by atomic mass is 9.79. The van der Waals surface area contributed by atoms with Gasteiger partial charge in [-0.05, 0) is 35.2 Å². The normalized spacial score (nSPS) is 29.8. The lowest BCUT2D eigenvalue weighted by molar-refractivity contribution is -0.931. The quantitative estimate of drug-likeness (QED) is 0.809. The van der Waals surface area contributed by atoms with Crippen molar-refractivity contribution < 1.29 is 9.59 Å². The van der Waals surface area contributed by atoms with Gasteiger partial charge in [0, 0.05) is 35.4 Å². The molecule has 2 aromatic rings. The van der Waals surface area contributed by atoms with Crippen LogP contribution in [-0.2, 0) is 5.60 Å². The molecule has 4 heteroatoms. The third-order valence-electron chi connectivity index (χ3n) is 6.37. The van der Waals surface area contributed by atoms with Crippen LogP contribution in [0.3, 0.4) is 0 Å². The standard InChI is InChI=1S/C19H26NOS2/c1-20(2)15-7-8-16(20)12-14(11-15)13-19(21,17-5-3-9-22-17)18-6-4-10-23-18/h3-6,9-10,14-16,21H,7-8,11-13H2,1-2H3/q+1. The molecule has 4 rings (SSSR count). The number of quaternary nitrogens is 1. The Kier molecular flexibility index (Phi) is 3.92. The second-order valence-electron chi connectivity index (χ2n) is 7.87. The Bertz CT molecular complexity index is 597. The van der Waals surface area contributed by atoms with Crippen LogP contribution in [0.15, 0.2) is 35.0 Å². The van der Waals surface area contributed by atoms with Crippen molar-refractivity contribution >= 4 is 22.7 Å². The van der Waals surface area contributed by atoms with Crippen LogP contribution in [0.1, 0.15) is 41.9 Å². The smallest absolute Gasteiger partial charge is 0.133 e. The van der Waals surface area contributed by atoms with Gasteiger partial charge in [0.05, 0.1) is 26.2 Å². The summed E-state index contributed by atoms with van der Waals surface area (Å²) in [6.07, 6.45) is 6.14. The van der Waals surface area contributed by atoms with Gasteiger partial charge in [-0.3, -0.25) is 0 Å². The lowest BCUT2D eigenvalue weighted by Crippen LogP contribution is -2.55. The Labute approximate surface area is 147 Å². The molecule has 0 spiro atoms. The number of piperidine rings is 1. The Hall–Kier alpha value is -0.680. The summed E-state index contributed by atoms with van der Waals surface area (Å²) in [4.78, 5) is 2.21. The molecule has 0 aromatic carbocycles. The van der Waals surface area contributed by atoms with E-state index in [2.05, 4.69) is 49.1 Å². The van der Waals surface area contributed by atoms with Gasteiger partial charge in [-0.25, -0.2) is 0 Å². The van der Waals surface area contributed by atoms with E-state index in [1.807, 2.05) is 0 Å². The van der Waals surface area contributed by atoms with Crippen LogP contribution >= 0.6 is 22.7 Å². The molecule has 2 saturated heterocycles. The van der Waals surface area contributed by atoms with E-state index in [4.69, 9.17) is 0 Å². The first-order valence-electron chi connectivity index (χ1n) is 8.64. The van der Waals surface area contributed by atoms with Crippen LogP contribution in [-0.4, -0.2) is 35.8 Å². The number of fused-ring (bicyclic) bond motifs is 2. The van der Waals surface area contributed by atoms with Crippen molar-refractivity contribution in [2.24, 2.45) is 5.92 Å². The SMILES string of the molecule is C[N+]1(C)C2CCC1CC(CC(O)(c1cccs1)c1cccs1)C2. The molecule has 2 bridgehead atoms. The summed E-state index contributed by atoms with van der Waals surface area (Å²) in [7, 11) is 4.81. The van der Waals surface area contributed by atoms with E-state index in [0.717, 1.165) is 28.3 Å². The molecule has 2 unspecified atom stereocenters. The highest BCUT2D eigenvalue weighted by Gasteiger charge is 2.50. The molecular formula is C19H26NOS2+. The van der Waals surface area contributed by atoms with Crippen molar-refractivity contribution in [1.82, 2.24) is 0 Å². The largest absolute Gasteiger partial charge is 0.379 e. The Morgan fingerprint density at radius 2 is 1.57 bits per heavy atom. The van der Waals surface area contributed by atoms with Crippen molar-refractivity contribution in [3.05, 3.63) is 44.8 Å². The molecule has 0 radical (unpaired) electrons. The molecular weight excluding hydrogens is 322 g/mol. The zero-order valence-electron chi connectivity index (χ0n) is 13.9. The zero-order chi connectivity index (χ0) is 16.1. The highest BCUT2D eigenvalue weighted by Crippen LogP contribution is 2.48. The maximum absolute atomic E-state index is 11.6. The lowest BCUT2D eigenvalue weighted by Gasteiger charge is -2.45. The molecule has 0 amide bonds. The second kappa shape index (κ2) is 5.69. The average Bonchev–Trinajstić information content (AvgIpc) is 3.22. The van der Waals surface area contributed by atoms with Gasteiger partial charge in [-0.15, -0.1) is 22.7 Å². The fourth-order valence-electron chi connectivity index (χ4n) is 4.93. The van der Waals surface area contributed by atoms with E-state index < -0.39 is 5.60 Å². The first kappa shape index (κ1) is 15.8. The van der Waals surface area contributed by atoms with Crippen LogP contribution in [0.25, 0.3) is 0 Å². The van der Waals surface area contributed by atoms with Gasteiger partial charge in [0.25, 0.3) is 0 Å². The molecule has 2 aliphatic heterocycles. The second-order valence-corrected chi connectivity index (χ2v) is 9.77. The fourth-order valence-corrected chi connectivity index (χ4v) is 6.69. The fraction of sp³-hybridized carbons (Fsp3) is 0.579. The van der Waals surface area contributed by atoms with Crippen molar-refractivity contribution in [1.29, 1.82) is 0 Å². The summed E-state index contributed by atoms with van der Waals surface area (Å²) in [5, 5.41) is 15.8. The van der Waals surface area contributed by atoms with Crippen LogP contribution < -0.4 is 0 Å². The number of aliphatic hydroxyl groups is 1. The van der Waals surface area contributed by atoms with Gasteiger partial charge in [0.2, 0.25) is 0 Å². The minimum absolute atomic E-state index is 0.632. The summed E-state index contributed by atoms with van der Waals surface area (Å²) in [6, 6.07) is 9.89. The number of thiophene rings is 2. The third-order valence-corrected chi connectivity index (χ3v) is 8.41. The summed E-state index contributed by atoms with van der Waals surface area (Å²) < 4.78 is 1.20. The molecule has 2 fully saturated rings. The minimum Gasteiger partial charge on any atom is -0.379 e. The number of hydrogen-bond donors (Lipinski definition) is 1. The van der Waals surface area contributed by atoms with Gasteiger partial charge < -0.3 is 9.59 Å². The molecule has 23 heavy (non-hydrogen) atoms. The van der Waals surface area contributed by atoms with Crippen LogP contribution in [0, 0.1) is 5.92 Å². The summed E-state index contributed by atoms with van der Waals surface area (Å²) >= 11 is 3.37. The zero-order valence-corrected chi connectivity index (χ0v) is 15.6. The summed E-state index contributed by atoms with van der Waals surface area (Å²) in [5.74, 6) is 0.632. The first-order chi connectivity index (χ1) is 11.0. The molecule has 0 saturated carbocycles. The molecule has 124 valence electrons. The predicted octanol–water partition coefficient (Wildman–Crippen LogP) is 4.45. The Morgan fingerprint density at radius 1 is 1.04 bits per heavy atom. The molecule has 2 nitrogen and oxygen atoms in total. The van der Waals surface area contributed by atoms with E-state index in [1.54, 1.807) is 22.7 Å². The molecule has 2 aromatic heterocycles. The van der Waals surface area contributed by atoms with Crippen LogP contribution in [0.4, 0.5) is 0 Å². The van der Waals surface area contributed by atoms with Gasteiger partial charge in [-0.1, -0.05) is 12.1 Å². The highest BCUT2D eigenvalue weighted by molar-refractivity contribution is 7.11. The van der Waals surface area contributed by atoms with Gasteiger partial charge in [0.1, 0.15) is 5.60 Å². The van der Waals surface area contributed by atoms with Crippen LogP contribution in [0.2, 0.25) is 0 Å². The maximum atomic E-state index is 11.6. The van der Waals surface area contributed by atoms with Gasteiger partial charge in [-0.2, -0.15) is 0 Å². The van der Waals surface area contributed by atoms with E-state index in [0.29, 0.717) is 5.92 Å². The van der Waals surface area contributed by atoms with E-state index >= 15 is 0 Å². The van der Waals surface area contributed by atoms with Crippen LogP contribution in [0.5, 0.6) is 0 Å². The first-order valence-corrected chi connectivity index (χ1v) is 10.4. The van der Waals surface area contributed by atoms with Crippen molar-refractivity contribution in [2.75, 3.05) is 14.1 Å². The summed E-state index contributed by atoms with van der Waals surface area (Å²) in [5.41, 5.74) is -0.791. The van der Waals surface area contributed by atoms with Gasteiger partial charge >= 0.3 is 0 Å². The Balaban J connectivity index is 1.61. The maximum Gasteiger partial charge on any atom is 0.133 e. The number of nitrogens with zero attached hydrogens (tertiary/aromatic N) is 1. The van der Waals surface area contributed by atoms with Gasteiger partial charge in [0.15, 0.2) is 0 Å². The molecule has 2 atom stereocenters. The topological polar surface area (TPSA) is 20.2 Å². The van der Waals surface area contributed by atoms with E-state index in [9.17, 15) is 5.11 Å². The molecule has 2 aliphatic rings. The monoisotopic (exact) mass is 348 g/mol. The molecule has 4 heterocycles. The van der Waals surface area contributed by atoms with Crippen molar-refractivity contribution in [3.63, 3.8) is 0 Å². The molecule has 1 N–H and O–H groups in total. The van der Waals surface area contributed by atoms with E-state index in [1.165, 1.54) is 30.2 Å². The highest BCUT2D eigenvalue weighted by atomic mass is 32.1. The molecule has 0 aliphatic carbocycles. The summed E-state index contributed by atoms with van der Waals surface area (Å²) in [6.45, 7) is 0. The minimum atomic E-state index is -0.791.